The molecule has 0 amide bonds. The molecule has 4 nitrogen and oxygen atoms in total. The summed E-state index contributed by atoms with van der Waals surface area (Å²) in [5, 5.41) is 1.25. The minimum absolute atomic E-state index is 0.900. The van der Waals surface area contributed by atoms with Crippen molar-refractivity contribution in [1.82, 2.24) is 14.9 Å². The first kappa shape index (κ1) is 14.7. The molecule has 114 valence electrons. The third-order valence-electron chi connectivity index (χ3n) is 4.25. The SMILES string of the molecule is CCc1nc(N2CCN(CC)CC2)c2cc(CC)sc2n1. The Morgan fingerprint density at radius 2 is 1.81 bits per heavy atom. The highest BCUT2D eigenvalue weighted by Crippen LogP contribution is 2.32. The number of aromatic nitrogens is 2. The second-order valence-corrected chi connectivity index (χ2v) is 6.64. The normalized spacial score (nSPS) is 16.8. The molecule has 0 radical (unpaired) electrons. The molecule has 21 heavy (non-hydrogen) atoms. The van der Waals surface area contributed by atoms with E-state index in [0.717, 1.165) is 62.0 Å². The molecule has 1 saturated heterocycles. The third kappa shape index (κ3) is 2.90. The predicted octanol–water partition coefficient (Wildman–Crippen LogP) is 2.96. The standard InChI is InChI=1S/C16H24N4S/c1-4-12-11-13-15(17-14(5-2)18-16(13)21-12)20-9-7-19(6-3)8-10-20/h11H,4-10H2,1-3H3. The lowest BCUT2D eigenvalue weighted by Gasteiger charge is -2.35. The van der Waals surface area contributed by atoms with Crippen molar-refractivity contribution in [2.24, 2.45) is 0 Å². The Hall–Kier alpha value is -1.20. The van der Waals surface area contributed by atoms with Crippen molar-refractivity contribution in [3.8, 4) is 0 Å². The Balaban J connectivity index is 1.98. The number of likely N-dealkylation sites (N-methyl/N-ethyl adjacent to an activating group) is 1. The van der Waals surface area contributed by atoms with E-state index in [9.17, 15) is 0 Å². The van der Waals surface area contributed by atoms with E-state index in [1.807, 2.05) is 11.3 Å². The average Bonchev–Trinajstić information content (AvgIpc) is 2.97. The maximum Gasteiger partial charge on any atom is 0.141 e. The van der Waals surface area contributed by atoms with Gasteiger partial charge in [-0.15, -0.1) is 11.3 Å². The fourth-order valence-electron chi connectivity index (χ4n) is 2.85. The Morgan fingerprint density at radius 1 is 1.05 bits per heavy atom. The van der Waals surface area contributed by atoms with E-state index in [4.69, 9.17) is 9.97 Å². The average molecular weight is 304 g/mol. The highest BCUT2D eigenvalue weighted by molar-refractivity contribution is 7.18. The second-order valence-electron chi connectivity index (χ2n) is 5.52. The summed E-state index contributed by atoms with van der Waals surface area (Å²) in [5.74, 6) is 2.13. The van der Waals surface area contributed by atoms with Crippen LogP contribution in [0.1, 0.15) is 31.5 Å². The molecule has 0 atom stereocenters. The number of rotatable bonds is 4. The van der Waals surface area contributed by atoms with Crippen molar-refractivity contribution in [2.75, 3.05) is 37.6 Å². The van der Waals surface area contributed by atoms with Gasteiger partial charge in [0.15, 0.2) is 0 Å². The van der Waals surface area contributed by atoms with Crippen LogP contribution in [0.15, 0.2) is 6.07 Å². The number of hydrogen-bond acceptors (Lipinski definition) is 5. The van der Waals surface area contributed by atoms with E-state index < -0.39 is 0 Å². The summed E-state index contributed by atoms with van der Waals surface area (Å²) in [5.41, 5.74) is 0. The first-order valence-electron chi connectivity index (χ1n) is 8.01. The van der Waals surface area contributed by atoms with Crippen LogP contribution in [0.2, 0.25) is 0 Å². The molecule has 3 rings (SSSR count). The Labute approximate surface area is 130 Å². The summed E-state index contributed by atoms with van der Waals surface area (Å²) in [6.07, 6.45) is 1.97. The maximum absolute atomic E-state index is 4.84. The van der Waals surface area contributed by atoms with Crippen LogP contribution in [0.4, 0.5) is 5.82 Å². The van der Waals surface area contributed by atoms with E-state index in [1.54, 1.807) is 0 Å². The summed E-state index contributed by atoms with van der Waals surface area (Å²) in [4.78, 5) is 17.1. The largest absolute Gasteiger partial charge is 0.353 e. The van der Waals surface area contributed by atoms with Gasteiger partial charge >= 0.3 is 0 Å². The summed E-state index contributed by atoms with van der Waals surface area (Å²) in [7, 11) is 0. The molecule has 0 N–H and O–H groups in total. The van der Waals surface area contributed by atoms with Crippen molar-refractivity contribution in [2.45, 2.75) is 33.6 Å². The number of piperazine rings is 1. The minimum Gasteiger partial charge on any atom is -0.353 e. The lowest BCUT2D eigenvalue weighted by molar-refractivity contribution is 0.270. The van der Waals surface area contributed by atoms with Crippen LogP contribution in [0.25, 0.3) is 10.2 Å². The van der Waals surface area contributed by atoms with Crippen LogP contribution < -0.4 is 4.90 Å². The maximum atomic E-state index is 4.84. The number of hydrogen-bond donors (Lipinski definition) is 0. The highest BCUT2D eigenvalue weighted by Gasteiger charge is 2.20. The van der Waals surface area contributed by atoms with Crippen molar-refractivity contribution in [1.29, 1.82) is 0 Å². The van der Waals surface area contributed by atoms with Gasteiger partial charge in [-0.3, -0.25) is 0 Å². The number of thiophene rings is 1. The zero-order valence-electron chi connectivity index (χ0n) is 13.2. The van der Waals surface area contributed by atoms with Gasteiger partial charge in [-0.1, -0.05) is 20.8 Å². The molecule has 0 aromatic carbocycles. The third-order valence-corrected chi connectivity index (χ3v) is 5.43. The van der Waals surface area contributed by atoms with Gasteiger partial charge in [-0.25, -0.2) is 9.97 Å². The molecule has 1 fully saturated rings. The molecular formula is C16H24N4S. The summed E-state index contributed by atoms with van der Waals surface area (Å²) < 4.78 is 0. The van der Waals surface area contributed by atoms with Crippen LogP contribution >= 0.6 is 11.3 Å². The predicted molar refractivity (Wildman–Crippen MR) is 90.5 cm³/mol. The zero-order valence-corrected chi connectivity index (χ0v) is 14.0. The van der Waals surface area contributed by atoms with Gasteiger partial charge < -0.3 is 9.80 Å². The molecule has 0 aliphatic carbocycles. The van der Waals surface area contributed by atoms with Gasteiger partial charge in [0.05, 0.1) is 5.39 Å². The Morgan fingerprint density at radius 3 is 2.43 bits per heavy atom. The lowest BCUT2D eigenvalue weighted by atomic mass is 10.2. The van der Waals surface area contributed by atoms with Crippen molar-refractivity contribution in [3.63, 3.8) is 0 Å². The van der Waals surface area contributed by atoms with Crippen molar-refractivity contribution < 1.29 is 0 Å². The van der Waals surface area contributed by atoms with Gasteiger partial charge in [-0.2, -0.15) is 0 Å². The number of aryl methyl sites for hydroxylation is 2. The van der Waals surface area contributed by atoms with E-state index in [0.29, 0.717) is 0 Å². The smallest absolute Gasteiger partial charge is 0.141 e. The van der Waals surface area contributed by atoms with Gasteiger partial charge in [0, 0.05) is 37.5 Å². The number of anilines is 1. The van der Waals surface area contributed by atoms with E-state index in [1.165, 1.54) is 10.3 Å². The first-order valence-corrected chi connectivity index (χ1v) is 8.83. The molecule has 2 aromatic heterocycles. The van der Waals surface area contributed by atoms with Crippen LogP contribution in [0.3, 0.4) is 0 Å². The Kier molecular flexibility index (Phi) is 4.40. The fraction of sp³-hybridized carbons (Fsp3) is 0.625. The quantitative estimate of drug-likeness (QED) is 0.869. The van der Waals surface area contributed by atoms with Gasteiger partial charge in [0.25, 0.3) is 0 Å². The molecule has 3 heterocycles. The van der Waals surface area contributed by atoms with Gasteiger partial charge in [0.1, 0.15) is 16.5 Å². The first-order chi connectivity index (χ1) is 10.2. The fourth-order valence-corrected chi connectivity index (χ4v) is 3.83. The van der Waals surface area contributed by atoms with Crippen LogP contribution in [0.5, 0.6) is 0 Å². The minimum atomic E-state index is 0.900. The highest BCUT2D eigenvalue weighted by atomic mass is 32.1. The molecule has 5 heteroatoms. The van der Waals surface area contributed by atoms with Crippen molar-refractivity contribution in [3.05, 3.63) is 16.8 Å². The second kappa shape index (κ2) is 6.28. The zero-order chi connectivity index (χ0) is 14.8. The molecule has 0 bridgehead atoms. The summed E-state index contributed by atoms with van der Waals surface area (Å²) in [6, 6.07) is 2.29. The number of nitrogens with zero attached hydrogens (tertiary/aromatic N) is 4. The lowest BCUT2D eigenvalue weighted by Crippen LogP contribution is -2.46. The van der Waals surface area contributed by atoms with E-state index in [-0.39, 0.29) is 0 Å². The molecule has 0 spiro atoms. The number of fused-ring (bicyclic) bond motifs is 1. The molecule has 2 aromatic rings. The van der Waals surface area contributed by atoms with Gasteiger partial charge in [-0.05, 0) is 19.0 Å². The summed E-state index contributed by atoms with van der Waals surface area (Å²) in [6.45, 7) is 12.1. The molecule has 0 saturated carbocycles. The van der Waals surface area contributed by atoms with E-state index in [2.05, 4.69) is 36.6 Å². The molecular weight excluding hydrogens is 280 g/mol. The van der Waals surface area contributed by atoms with Crippen LogP contribution in [-0.2, 0) is 12.8 Å². The van der Waals surface area contributed by atoms with Crippen LogP contribution in [0, 0.1) is 0 Å². The monoisotopic (exact) mass is 304 g/mol. The topological polar surface area (TPSA) is 32.3 Å². The molecule has 0 unspecified atom stereocenters. The summed E-state index contributed by atoms with van der Waals surface area (Å²) >= 11 is 1.82. The molecule has 1 aliphatic heterocycles. The van der Waals surface area contributed by atoms with Gasteiger partial charge in [0.2, 0.25) is 0 Å². The van der Waals surface area contributed by atoms with Crippen LogP contribution in [-0.4, -0.2) is 47.6 Å². The molecule has 1 aliphatic rings. The van der Waals surface area contributed by atoms with E-state index >= 15 is 0 Å². The Bertz CT molecular complexity index is 614. The van der Waals surface area contributed by atoms with Crippen molar-refractivity contribution >= 4 is 27.4 Å².